The van der Waals surface area contributed by atoms with Gasteiger partial charge in [0.1, 0.15) is 5.82 Å². The van der Waals surface area contributed by atoms with E-state index in [1.165, 1.54) is 0 Å². The molecule has 0 fully saturated rings. The Balaban J connectivity index is 2.70. The van der Waals surface area contributed by atoms with E-state index < -0.39 is 0 Å². The molecule has 0 radical (unpaired) electrons. The summed E-state index contributed by atoms with van der Waals surface area (Å²) in [6.45, 7) is 0. The standard InChI is InChI=1S/C10H8BrClN2/c1-13-10-4-6-2-8(11)9(12)3-7(6)5-14-10/h2-5H,1H3,(H,13,14). The van der Waals surface area contributed by atoms with E-state index in [1.807, 2.05) is 25.2 Å². The minimum Gasteiger partial charge on any atom is -0.373 e. The van der Waals surface area contributed by atoms with Gasteiger partial charge in [-0.2, -0.15) is 0 Å². The van der Waals surface area contributed by atoms with Crippen LogP contribution in [0, 0.1) is 0 Å². The molecule has 1 aromatic carbocycles. The molecule has 1 aromatic heterocycles. The van der Waals surface area contributed by atoms with Crippen LogP contribution in [0.3, 0.4) is 0 Å². The second kappa shape index (κ2) is 3.75. The maximum absolute atomic E-state index is 5.97. The molecule has 14 heavy (non-hydrogen) atoms. The topological polar surface area (TPSA) is 24.9 Å². The second-order valence-electron chi connectivity index (χ2n) is 2.93. The summed E-state index contributed by atoms with van der Waals surface area (Å²) in [7, 11) is 1.85. The van der Waals surface area contributed by atoms with Crippen molar-refractivity contribution in [3.8, 4) is 0 Å². The van der Waals surface area contributed by atoms with Gasteiger partial charge >= 0.3 is 0 Å². The highest BCUT2D eigenvalue weighted by Crippen LogP contribution is 2.28. The summed E-state index contributed by atoms with van der Waals surface area (Å²) in [5, 5.41) is 5.85. The van der Waals surface area contributed by atoms with Gasteiger partial charge in [-0.1, -0.05) is 11.6 Å². The first-order chi connectivity index (χ1) is 6.70. The van der Waals surface area contributed by atoms with E-state index in [1.54, 1.807) is 6.20 Å². The number of nitrogens with one attached hydrogen (secondary N) is 1. The average molecular weight is 272 g/mol. The molecule has 0 aliphatic carbocycles. The molecular weight excluding hydrogens is 263 g/mol. The zero-order chi connectivity index (χ0) is 10.1. The fraction of sp³-hybridized carbons (Fsp3) is 0.100. The van der Waals surface area contributed by atoms with Gasteiger partial charge in [-0.25, -0.2) is 4.98 Å². The van der Waals surface area contributed by atoms with Crippen LogP contribution in [0.5, 0.6) is 0 Å². The number of pyridine rings is 1. The Bertz CT molecular complexity index is 485. The van der Waals surface area contributed by atoms with Crippen LogP contribution in [0.2, 0.25) is 5.02 Å². The molecule has 0 unspecified atom stereocenters. The highest BCUT2D eigenvalue weighted by Gasteiger charge is 2.01. The van der Waals surface area contributed by atoms with Crippen molar-refractivity contribution in [1.82, 2.24) is 4.98 Å². The van der Waals surface area contributed by atoms with Gasteiger partial charge in [-0.3, -0.25) is 0 Å². The lowest BCUT2D eigenvalue weighted by molar-refractivity contribution is 1.31. The summed E-state index contributed by atoms with van der Waals surface area (Å²) in [6, 6.07) is 5.87. The smallest absolute Gasteiger partial charge is 0.126 e. The van der Waals surface area contributed by atoms with Gasteiger partial charge in [0.2, 0.25) is 0 Å². The summed E-state index contributed by atoms with van der Waals surface area (Å²) in [5.74, 6) is 0.853. The van der Waals surface area contributed by atoms with E-state index in [-0.39, 0.29) is 0 Å². The fourth-order valence-corrected chi connectivity index (χ4v) is 1.81. The molecule has 2 nitrogen and oxygen atoms in total. The molecule has 2 rings (SSSR count). The van der Waals surface area contributed by atoms with Gasteiger partial charge in [0.15, 0.2) is 0 Å². The lowest BCUT2D eigenvalue weighted by Crippen LogP contribution is -1.91. The number of aromatic nitrogens is 1. The predicted octanol–water partition coefficient (Wildman–Crippen LogP) is 3.69. The number of nitrogens with zero attached hydrogens (tertiary/aromatic N) is 1. The van der Waals surface area contributed by atoms with Crippen LogP contribution in [0.4, 0.5) is 5.82 Å². The zero-order valence-corrected chi connectivity index (χ0v) is 9.85. The number of fused-ring (bicyclic) bond motifs is 1. The Labute approximate surface area is 95.4 Å². The SMILES string of the molecule is CNc1cc2cc(Br)c(Cl)cc2cn1. The van der Waals surface area contributed by atoms with Crippen LogP contribution in [0.1, 0.15) is 0 Å². The fourth-order valence-electron chi connectivity index (χ4n) is 1.27. The molecule has 0 aliphatic rings. The number of rotatable bonds is 1. The minimum absolute atomic E-state index is 0.705. The minimum atomic E-state index is 0.705. The van der Waals surface area contributed by atoms with Crippen LogP contribution < -0.4 is 5.32 Å². The van der Waals surface area contributed by atoms with E-state index in [0.717, 1.165) is 21.1 Å². The molecule has 0 saturated carbocycles. The molecule has 1 heterocycles. The number of hydrogen-bond acceptors (Lipinski definition) is 2. The molecule has 0 aliphatic heterocycles. The lowest BCUT2D eigenvalue weighted by atomic mass is 10.2. The van der Waals surface area contributed by atoms with Gasteiger partial charge in [-0.15, -0.1) is 0 Å². The molecule has 0 bridgehead atoms. The van der Waals surface area contributed by atoms with Crippen LogP contribution in [-0.2, 0) is 0 Å². The van der Waals surface area contributed by atoms with Crippen molar-refractivity contribution in [2.75, 3.05) is 12.4 Å². The highest BCUT2D eigenvalue weighted by molar-refractivity contribution is 9.10. The van der Waals surface area contributed by atoms with Crippen molar-refractivity contribution < 1.29 is 0 Å². The first kappa shape index (κ1) is 9.74. The predicted molar refractivity (Wildman–Crippen MR) is 64.0 cm³/mol. The number of anilines is 1. The van der Waals surface area contributed by atoms with Gasteiger partial charge in [0.05, 0.1) is 5.02 Å². The maximum atomic E-state index is 5.97. The van der Waals surface area contributed by atoms with Crippen molar-refractivity contribution >= 4 is 44.1 Å². The van der Waals surface area contributed by atoms with E-state index in [4.69, 9.17) is 11.6 Å². The third-order valence-electron chi connectivity index (χ3n) is 2.02. The quantitative estimate of drug-likeness (QED) is 0.855. The second-order valence-corrected chi connectivity index (χ2v) is 4.19. The van der Waals surface area contributed by atoms with Crippen LogP contribution in [0.15, 0.2) is 28.9 Å². The molecule has 2 aromatic rings. The van der Waals surface area contributed by atoms with E-state index in [0.29, 0.717) is 5.02 Å². The third kappa shape index (κ3) is 1.70. The first-order valence-electron chi connectivity index (χ1n) is 4.13. The average Bonchev–Trinajstić information content (AvgIpc) is 2.19. The van der Waals surface area contributed by atoms with Crippen molar-refractivity contribution in [2.24, 2.45) is 0 Å². The molecule has 4 heteroatoms. The maximum Gasteiger partial charge on any atom is 0.126 e. The molecule has 72 valence electrons. The summed E-state index contributed by atoms with van der Waals surface area (Å²) >= 11 is 9.36. The monoisotopic (exact) mass is 270 g/mol. The van der Waals surface area contributed by atoms with E-state index in [2.05, 4.69) is 26.2 Å². The van der Waals surface area contributed by atoms with Gasteiger partial charge in [-0.05, 0) is 39.5 Å². The summed E-state index contributed by atoms with van der Waals surface area (Å²) in [5.41, 5.74) is 0. The Kier molecular flexibility index (Phi) is 2.61. The van der Waals surface area contributed by atoms with E-state index >= 15 is 0 Å². The molecule has 0 atom stereocenters. The number of halogens is 2. The Morgan fingerprint density at radius 1 is 1.29 bits per heavy atom. The van der Waals surface area contributed by atoms with Crippen molar-refractivity contribution in [3.05, 3.63) is 33.9 Å². The van der Waals surface area contributed by atoms with Crippen LogP contribution in [-0.4, -0.2) is 12.0 Å². The molecule has 0 spiro atoms. The molecule has 0 saturated heterocycles. The Morgan fingerprint density at radius 2 is 2.07 bits per heavy atom. The van der Waals surface area contributed by atoms with Crippen LogP contribution >= 0.6 is 27.5 Å². The largest absolute Gasteiger partial charge is 0.373 e. The summed E-state index contributed by atoms with van der Waals surface area (Å²) in [4.78, 5) is 4.21. The number of benzene rings is 1. The van der Waals surface area contributed by atoms with Gasteiger partial charge in [0, 0.05) is 23.1 Å². The van der Waals surface area contributed by atoms with Crippen molar-refractivity contribution in [1.29, 1.82) is 0 Å². The Hall–Kier alpha value is -0.800. The van der Waals surface area contributed by atoms with Gasteiger partial charge in [0.25, 0.3) is 0 Å². The van der Waals surface area contributed by atoms with Gasteiger partial charge < -0.3 is 5.32 Å². The molecular formula is C10H8BrClN2. The zero-order valence-electron chi connectivity index (χ0n) is 7.51. The molecule has 0 amide bonds. The summed E-state index contributed by atoms with van der Waals surface area (Å²) in [6.07, 6.45) is 1.81. The Morgan fingerprint density at radius 3 is 2.79 bits per heavy atom. The van der Waals surface area contributed by atoms with Crippen LogP contribution in [0.25, 0.3) is 10.8 Å². The van der Waals surface area contributed by atoms with E-state index in [9.17, 15) is 0 Å². The summed E-state index contributed by atoms with van der Waals surface area (Å²) < 4.78 is 0.903. The van der Waals surface area contributed by atoms with Crippen molar-refractivity contribution in [2.45, 2.75) is 0 Å². The lowest BCUT2D eigenvalue weighted by Gasteiger charge is -2.03. The molecule has 1 N–H and O–H groups in total. The normalized spacial score (nSPS) is 10.5. The highest BCUT2D eigenvalue weighted by atomic mass is 79.9. The van der Waals surface area contributed by atoms with Crippen molar-refractivity contribution in [3.63, 3.8) is 0 Å². The first-order valence-corrected chi connectivity index (χ1v) is 5.30. The number of hydrogen-bond donors (Lipinski definition) is 1. The third-order valence-corrected chi connectivity index (χ3v) is 3.21.